The number of hydrogen-bond acceptors (Lipinski definition) is 5. The predicted octanol–water partition coefficient (Wildman–Crippen LogP) is 3.93. The SMILES string of the molecule is COCCn1c(=NC(=O)/C=C/c2ccccc2Cl)sc2cc(C(=O)OC)ccc21. The van der Waals surface area contributed by atoms with Crippen molar-refractivity contribution in [2.45, 2.75) is 6.54 Å². The smallest absolute Gasteiger partial charge is 0.337 e. The molecule has 0 unspecified atom stereocenters. The number of carbonyl (C=O) groups excluding carboxylic acids is 2. The largest absolute Gasteiger partial charge is 0.465 e. The fourth-order valence-corrected chi connectivity index (χ4v) is 4.00. The maximum absolute atomic E-state index is 12.4. The van der Waals surface area contributed by atoms with Gasteiger partial charge in [-0.1, -0.05) is 41.1 Å². The van der Waals surface area contributed by atoms with Gasteiger partial charge >= 0.3 is 5.97 Å². The number of benzene rings is 2. The van der Waals surface area contributed by atoms with Crippen molar-refractivity contribution >= 4 is 51.1 Å². The summed E-state index contributed by atoms with van der Waals surface area (Å²) < 4.78 is 12.7. The fraction of sp³-hybridized carbons (Fsp3) is 0.190. The molecular formula is C21H19ClN2O4S. The zero-order valence-corrected chi connectivity index (χ0v) is 17.5. The van der Waals surface area contributed by atoms with Gasteiger partial charge in [-0.2, -0.15) is 4.99 Å². The van der Waals surface area contributed by atoms with E-state index in [9.17, 15) is 9.59 Å². The summed E-state index contributed by atoms with van der Waals surface area (Å²) in [5.74, 6) is -0.822. The fourth-order valence-electron chi connectivity index (χ4n) is 2.70. The van der Waals surface area contributed by atoms with E-state index in [0.717, 1.165) is 15.8 Å². The summed E-state index contributed by atoms with van der Waals surface area (Å²) in [5, 5.41) is 0.559. The van der Waals surface area contributed by atoms with Crippen molar-refractivity contribution in [2.75, 3.05) is 20.8 Å². The topological polar surface area (TPSA) is 69.9 Å². The van der Waals surface area contributed by atoms with E-state index >= 15 is 0 Å². The molecule has 3 aromatic rings. The minimum Gasteiger partial charge on any atom is -0.465 e. The van der Waals surface area contributed by atoms with Gasteiger partial charge in [-0.15, -0.1) is 0 Å². The van der Waals surface area contributed by atoms with Gasteiger partial charge in [0, 0.05) is 24.8 Å². The van der Waals surface area contributed by atoms with Crippen LogP contribution in [0, 0.1) is 0 Å². The van der Waals surface area contributed by atoms with Gasteiger partial charge in [0.1, 0.15) is 0 Å². The number of methoxy groups -OCH3 is 2. The van der Waals surface area contributed by atoms with Crippen LogP contribution in [-0.4, -0.2) is 37.3 Å². The number of aromatic nitrogens is 1. The average Bonchev–Trinajstić information content (AvgIpc) is 3.06. The molecule has 0 radical (unpaired) electrons. The first-order chi connectivity index (χ1) is 14.0. The predicted molar refractivity (Wildman–Crippen MR) is 114 cm³/mol. The van der Waals surface area contributed by atoms with Crippen molar-refractivity contribution in [3.8, 4) is 0 Å². The second-order valence-corrected chi connectivity index (χ2v) is 7.42. The first-order valence-electron chi connectivity index (χ1n) is 8.75. The molecular weight excluding hydrogens is 412 g/mol. The molecule has 0 N–H and O–H groups in total. The standard InChI is InChI=1S/C21H19ClN2O4S/c1-27-12-11-24-17-9-7-15(20(26)28-2)13-18(17)29-21(24)23-19(25)10-8-14-5-3-4-6-16(14)22/h3-10,13H,11-12H2,1-2H3/b10-8+,23-21?. The van der Waals surface area contributed by atoms with Gasteiger partial charge in [0.2, 0.25) is 0 Å². The molecule has 150 valence electrons. The average molecular weight is 431 g/mol. The summed E-state index contributed by atoms with van der Waals surface area (Å²) >= 11 is 7.43. The molecule has 0 saturated carbocycles. The number of fused-ring (bicyclic) bond motifs is 1. The van der Waals surface area contributed by atoms with Gasteiger partial charge in [0.15, 0.2) is 4.80 Å². The Bertz CT molecular complexity index is 1150. The summed E-state index contributed by atoms with van der Waals surface area (Å²) in [7, 11) is 2.95. The van der Waals surface area contributed by atoms with Gasteiger partial charge in [0.25, 0.3) is 5.91 Å². The first-order valence-corrected chi connectivity index (χ1v) is 9.95. The molecule has 8 heteroatoms. The van der Waals surface area contributed by atoms with Crippen molar-refractivity contribution in [3.63, 3.8) is 0 Å². The van der Waals surface area contributed by atoms with E-state index in [0.29, 0.717) is 28.5 Å². The Kier molecular flexibility index (Phi) is 6.98. The van der Waals surface area contributed by atoms with Crippen LogP contribution in [0.15, 0.2) is 53.5 Å². The molecule has 3 rings (SSSR count). The number of amides is 1. The Balaban J connectivity index is 2.00. The Morgan fingerprint density at radius 3 is 2.72 bits per heavy atom. The van der Waals surface area contributed by atoms with Gasteiger partial charge in [-0.05, 0) is 35.9 Å². The molecule has 1 amide bonds. The number of halogens is 1. The highest BCUT2D eigenvalue weighted by molar-refractivity contribution is 7.16. The van der Waals surface area contributed by atoms with Crippen LogP contribution in [0.25, 0.3) is 16.3 Å². The molecule has 0 aliphatic heterocycles. The van der Waals surface area contributed by atoms with E-state index in [4.69, 9.17) is 21.1 Å². The molecule has 0 aliphatic rings. The van der Waals surface area contributed by atoms with Crippen LogP contribution >= 0.6 is 22.9 Å². The molecule has 0 aliphatic carbocycles. The van der Waals surface area contributed by atoms with E-state index in [1.807, 2.05) is 28.8 Å². The molecule has 0 spiro atoms. The highest BCUT2D eigenvalue weighted by Crippen LogP contribution is 2.20. The zero-order chi connectivity index (χ0) is 20.8. The van der Waals surface area contributed by atoms with Gasteiger partial charge in [-0.3, -0.25) is 4.79 Å². The summed E-state index contributed by atoms with van der Waals surface area (Å²) in [4.78, 5) is 29.0. The maximum Gasteiger partial charge on any atom is 0.337 e. The highest BCUT2D eigenvalue weighted by atomic mass is 35.5. The number of hydrogen-bond donors (Lipinski definition) is 0. The van der Waals surface area contributed by atoms with Gasteiger partial charge < -0.3 is 14.0 Å². The number of thiazole rings is 1. The van der Waals surface area contributed by atoms with Crippen LogP contribution in [0.3, 0.4) is 0 Å². The van der Waals surface area contributed by atoms with Gasteiger partial charge in [0.05, 0.1) is 29.5 Å². The van der Waals surface area contributed by atoms with Crippen molar-refractivity contribution < 1.29 is 19.1 Å². The monoisotopic (exact) mass is 430 g/mol. The minimum absolute atomic E-state index is 0.407. The Hall–Kier alpha value is -2.74. The van der Waals surface area contributed by atoms with Crippen molar-refractivity contribution in [1.82, 2.24) is 4.57 Å². The van der Waals surface area contributed by atoms with Crippen LogP contribution in [0.2, 0.25) is 5.02 Å². The number of ether oxygens (including phenoxy) is 2. The highest BCUT2D eigenvalue weighted by Gasteiger charge is 2.11. The second-order valence-electron chi connectivity index (χ2n) is 6.01. The minimum atomic E-state index is -0.416. The molecule has 0 bridgehead atoms. The van der Waals surface area contributed by atoms with Crippen molar-refractivity contribution in [1.29, 1.82) is 0 Å². The lowest BCUT2D eigenvalue weighted by atomic mass is 10.2. The number of carbonyl (C=O) groups is 2. The van der Waals surface area contributed by atoms with Crippen molar-refractivity contribution in [2.24, 2.45) is 4.99 Å². The van der Waals surface area contributed by atoms with Crippen LogP contribution < -0.4 is 4.80 Å². The Morgan fingerprint density at radius 2 is 2.00 bits per heavy atom. The maximum atomic E-state index is 12.4. The van der Waals surface area contributed by atoms with Crippen LogP contribution in [0.1, 0.15) is 15.9 Å². The molecule has 0 saturated heterocycles. The summed E-state index contributed by atoms with van der Waals surface area (Å²) in [6, 6.07) is 12.5. The third-order valence-corrected chi connectivity index (χ3v) is 5.52. The van der Waals surface area contributed by atoms with E-state index in [-0.39, 0.29) is 0 Å². The third-order valence-electron chi connectivity index (χ3n) is 4.14. The quantitative estimate of drug-likeness (QED) is 0.439. The Labute approximate surface area is 176 Å². The molecule has 29 heavy (non-hydrogen) atoms. The number of esters is 1. The second kappa shape index (κ2) is 9.65. The zero-order valence-electron chi connectivity index (χ0n) is 15.9. The van der Waals surface area contributed by atoms with Crippen LogP contribution in [0.4, 0.5) is 0 Å². The molecule has 0 atom stereocenters. The lowest BCUT2D eigenvalue weighted by molar-refractivity contribution is -0.113. The van der Waals surface area contributed by atoms with E-state index < -0.39 is 11.9 Å². The molecule has 1 heterocycles. The summed E-state index contributed by atoms with van der Waals surface area (Å²) in [6.07, 6.45) is 3.02. The molecule has 1 aromatic heterocycles. The molecule has 0 fully saturated rings. The van der Waals surface area contributed by atoms with Crippen LogP contribution in [0.5, 0.6) is 0 Å². The van der Waals surface area contributed by atoms with Crippen LogP contribution in [-0.2, 0) is 20.8 Å². The normalized spacial score (nSPS) is 12.0. The number of rotatable bonds is 6. The molecule has 6 nitrogen and oxygen atoms in total. The third kappa shape index (κ3) is 5.00. The number of nitrogens with zero attached hydrogens (tertiary/aromatic N) is 2. The first kappa shape index (κ1) is 21.0. The van der Waals surface area contributed by atoms with E-state index in [2.05, 4.69) is 4.99 Å². The van der Waals surface area contributed by atoms with Gasteiger partial charge in [-0.25, -0.2) is 4.79 Å². The summed E-state index contributed by atoms with van der Waals surface area (Å²) in [6.45, 7) is 0.982. The Morgan fingerprint density at radius 1 is 1.21 bits per heavy atom. The lowest BCUT2D eigenvalue weighted by Gasteiger charge is -2.04. The van der Waals surface area contributed by atoms with E-state index in [1.54, 1.807) is 31.4 Å². The van der Waals surface area contributed by atoms with Crippen molar-refractivity contribution in [3.05, 3.63) is 69.5 Å². The van der Waals surface area contributed by atoms with E-state index in [1.165, 1.54) is 24.5 Å². The summed E-state index contributed by atoms with van der Waals surface area (Å²) in [5.41, 5.74) is 2.04. The molecule has 2 aromatic carbocycles. The lowest BCUT2D eigenvalue weighted by Crippen LogP contribution is -2.18.